The standard InChI is InChI=1S/C17H20N2O3S/c1-22-16-11-6-7-12(16)9-18(8-11)15(20)10-19-17(21)13-4-2-3-5-14(13)23-19/h2-5,11-12,16H,6-10H2,1H3/t11-,12+,16?. The SMILES string of the molecule is COC1[C@@H]2CC[C@H]1CN(C(=O)Cn1sc3ccccc3c1=O)C2. The molecule has 1 saturated heterocycles. The Kier molecular flexibility index (Phi) is 3.73. The summed E-state index contributed by atoms with van der Waals surface area (Å²) in [5.41, 5.74) is -0.0614. The fourth-order valence-corrected chi connectivity index (χ4v) is 5.09. The number of fused-ring (bicyclic) bond motifs is 3. The molecule has 1 saturated carbocycles. The molecule has 122 valence electrons. The lowest BCUT2D eigenvalue weighted by Gasteiger charge is -2.37. The molecule has 1 aliphatic heterocycles. The number of piperidine rings is 1. The minimum Gasteiger partial charge on any atom is -0.381 e. The van der Waals surface area contributed by atoms with Gasteiger partial charge < -0.3 is 9.64 Å². The van der Waals surface area contributed by atoms with Crippen LogP contribution in [-0.2, 0) is 16.1 Å². The normalized spacial score (nSPS) is 26.8. The maximum absolute atomic E-state index is 12.6. The lowest BCUT2D eigenvalue weighted by atomic mass is 9.95. The van der Waals surface area contributed by atoms with Crippen LogP contribution in [0.25, 0.3) is 10.1 Å². The molecule has 1 aliphatic carbocycles. The van der Waals surface area contributed by atoms with E-state index in [0.717, 1.165) is 30.6 Å². The number of hydrogen-bond donors (Lipinski definition) is 0. The molecule has 1 amide bonds. The first-order valence-electron chi connectivity index (χ1n) is 8.07. The van der Waals surface area contributed by atoms with Crippen LogP contribution in [0.1, 0.15) is 12.8 Å². The molecule has 2 fully saturated rings. The van der Waals surface area contributed by atoms with Crippen molar-refractivity contribution >= 4 is 27.5 Å². The fourth-order valence-electron chi connectivity index (χ4n) is 4.11. The third-order valence-electron chi connectivity index (χ3n) is 5.20. The highest BCUT2D eigenvalue weighted by molar-refractivity contribution is 7.13. The molecule has 1 unspecified atom stereocenters. The summed E-state index contributed by atoms with van der Waals surface area (Å²) < 4.78 is 8.11. The lowest BCUT2D eigenvalue weighted by molar-refractivity contribution is -0.136. The Morgan fingerprint density at radius 3 is 2.61 bits per heavy atom. The van der Waals surface area contributed by atoms with Gasteiger partial charge in [-0.25, -0.2) is 0 Å². The van der Waals surface area contributed by atoms with Crippen LogP contribution in [0.4, 0.5) is 0 Å². The summed E-state index contributed by atoms with van der Waals surface area (Å²) in [6.07, 6.45) is 2.57. The highest BCUT2D eigenvalue weighted by Crippen LogP contribution is 2.38. The van der Waals surface area contributed by atoms with Crippen LogP contribution in [-0.4, -0.2) is 41.1 Å². The van der Waals surface area contributed by atoms with Gasteiger partial charge in [0.2, 0.25) is 5.91 Å². The topological polar surface area (TPSA) is 51.5 Å². The average molecular weight is 332 g/mol. The number of rotatable bonds is 3. The highest BCUT2D eigenvalue weighted by atomic mass is 32.1. The van der Waals surface area contributed by atoms with Crippen molar-refractivity contribution in [2.24, 2.45) is 11.8 Å². The summed E-state index contributed by atoms with van der Waals surface area (Å²) in [5, 5.41) is 0.698. The largest absolute Gasteiger partial charge is 0.381 e. The minimum atomic E-state index is -0.0614. The molecule has 1 aromatic heterocycles. The summed E-state index contributed by atoms with van der Waals surface area (Å²) >= 11 is 1.37. The van der Waals surface area contributed by atoms with E-state index >= 15 is 0 Å². The Bertz CT molecular complexity index is 782. The van der Waals surface area contributed by atoms with Crippen molar-refractivity contribution in [1.29, 1.82) is 0 Å². The van der Waals surface area contributed by atoms with E-state index < -0.39 is 0 Å². The number of likely N-dealkylation sites (tertiary alicyclic amines) is 1. The van der Waals surface area contributed by atoms with Crippen LogP contribution in [0.3, 0.4) is 0 Å². The Morgan fingerprint density at radius 2 is 1.96 bits per heavy atom. The first-order valence-corrected chi connectivity index (χ1v) is 8.84. The van der Waals surface area contributed by atoms with E-state index in [0.29, 0.717) is 23.3 Å². The Morgan fingerprint density at radius 1 is 1.26 bits per heavy atom. The number of amides is 1. The maximum atomic E-state index is 12.6. The summed E-state index contributed by atoms with van der Waals surface area (Å²) in [6, 6.07) is 7.51. The first-order chi connectivity index (χ1) is 11.2. The van der Waals surface area contributed by atoms with Crippen molar-refractivity contribution in [2.75, 3.05) is 20.2 Å². The second-order valence-electron chi connectivity index (χ2n) is 6.53. The fraction of sp³-hybridized carbons (Fsp3) is 0.529. The van der Waals surface area contributed by atoms with Gasteiger partial charge in [-0.05, 0) is 25.0 Å². The van der Waals surface area contributed by atoms with Crippen molar-refractivity contribution in [3.05, 3.63) is 34.6 Å². The van der Waals surface area contributed by atoms with Crippen molar-refractivity contribution in [3.8, 4) is 0 Å². The van der Waals surface area contributed by atoms with Crippen LogP contribution in [0.2, 0.25) is 0 Å². The number of carbonyl (C=O) groups excluding carboxylic acids is 1. The lowest BCUT2D eigenvalue weighted by Crippen LogP contribution is -2.49. The van der Waals surface area contributed by atoms with Gasteiger partial charge in [-0.1, -0.05) is 23.7 Å². The molecule has 23 heavy (non-hydrogen) atoms. The van der Waals surface area contributed by atoms with Gasteiger partial charge in [0.25, 0.3) is 5.56 Å². The molecule has 6 heteroatoms. The highest BCUT2D eigenvalue weighted by Gasteiger charge is 2.43. The van der Waals surface area contributed by atoms with Gasteiger partial charge >= 0.3 is 0 Å². The molecule has 2 heterocycles. The average Bonchev–Trinajstić information content (AvgIpc) is 3.00. The zero-order valence-corrected chi connectivity index (χ0v) is 13.9. The number of ether oxygens (including phenoxy) is 1. The monoisotopic (exact) mass is 332 g/mol. The van der Waals surface area contributed by atoms with Gasteiger partial charge in [0.05, 0.1) is 16.2 Å². The molecule has 3 atom stereocenters. The quantitative estimate of drug-likeness (QED) is 0.863. The minimum absolute atomic E-state index is 0.0464. The molecule has 5 nitrogen and oxygen atoms in total. The molecule has 1 aromatic carbocycles. The first kappa shape index (κ1) is 14.9. The predicted molar refractivity (Wildman–Crippen MR) is 89.7 cm³/mol. The third kappa shape index (κ3) is 2.50. The van der Waals surface area contributed by atoms with Crippen LogP contribution >= 0.6 is 11.5 Å². The van der Waals surface area contributed by atoms with Crippen molar-refractivity contribution in [2.45, 2.75) is 25.5 Å². The number of aromatic nitrogens is 1. The summed E-state index contributed by atoms with van der Waals surface area (Å²) in [4.78, 5) is 26.9. The maximum Gasteiger partial charge on any atom is 0.268 e. The Balaban J connectivity index is 1.52. The van der Waals surface area contributed by atoms with E-state index in [-0.39, 0.29) is 18.0 Å². The van der Waals surface area contributed by atoms with E-state index in [1.807, 2.05) is 29.2 Å². The molecule has 0 spiro atoms. The third-order valence-corrected chi connectivity index (χ3v) is 6.27. The number of hydrogen-bond acceptors (Lipinski definition) is 4. The van der Waals surface area contributed by atoms with Gasteiger partial charge in [0.15, 0.2) is 0 Å². The van der Waals surface area contributed by atoms with Crippen molar-refractivity contribution < 1.29 is 9.53 Å². The van der Waals surface area contributed by atoms with Crippen molar-refractivity contribution in [1.82, 2.24) is 8.86 Å². The molecule has 4 rings (SSSR count). The van der Waals surface area contributed by atoms with E-state index in [1.165, 1.54) is 11.5 Å². The van der Waals surface area contributed by atoms with Gasteiger partial charge in [-0.3, -0.25) is 13.5 Å². The zero-order chi connectivity index (χ0) is 16.0. The second kappa shape index (κ2) is 5.76. The Hall–Kier alpha value is -1.66. The Labute approximate surface area is 138 Å². The van der Waals surface area contributed by atoms with Crippen LogP contribution in [0, 0.1) is 11.8 Å². The second-order valence-corrected chi connectivity index (χ2v) is 7.59. The van der Waals surface area contributed by atoms with Crippen LogP contribution < -0.4 is 5.56 Å². The van der Waals surface area contributed by atoms with E-state index in [1.54, 1.807) is 11.1 Å². The number of methoxy groups -OCH3 is 1. The smallest absolute Gasteiger partial charge is 0.268 e. The molecule has 2 bridgehead atoms. The van der Waals surface area contributed by atoms with Gasteiger partial charge in [0.1, 0.15) is 6.54 Å². The van der Waals surface area contributed by atoms with E-state index in [4.69, 9.17) is 4.74 Å². The summed E-state index contributed by atoms with van der Waals surface area (Å²) in [5.74, 6) is 0.939. The van der Waals surface area contributed by atoms with Gasteiger partial charge in [-0.15, -0.1) is 0 Å². The summed E-state index contributed by atoms with van der Waals surface area (Å²) in [7, 11) is 1.77. The molecule has 0 radical (unpaired) electrons. The molecule has 0 N–H and O–H groups in total. The number of benzene rings is 1. The summed E-state index contributed by atoms with van der Waals surface area (Å²) in [6.45, 7) is 1.66. The molecular weight excluding hydrogens is 312 g/mol. The molecular formula is C17H20N2O3S. The van der Waals surface area contributed by atoms with Crippen LogP contribution in [0.5, 0.6) is 0 Å². The number of nitrogens with zero attached hydrogens (tertiary/aromatic N) is 2. The molecule has 2 aliphatic rings. The molecule has 2 aromatic rings. The van der Waals surface area contributed by atoms with E-state index in [9.17, 15) is 9.59 Å². The van der Waals surface area contributed by atoms with Gasteiger partial charge in [-0.2, -0.15) is 0 Å². The number of carbonyl (C=O) groups is 1. The zero-order valence-electron chi connectivity index (χ0n) is 13.1. The van der Waals surface area contributed by atoms with Crippen LogP contribution in [0.15, 0.2) is 29.1 Å². The van der Waals surface area contributed by atoms with E-state index in [2.05, 4.69) is 0 Å². The van der Waals surface area contributed by atoms with Crippen molar-refractivity contribution in [3.63, 3.8) is 0 Å². The predicted octanol–water partition coefficient (Wildman–Crippen LogP) is 1.95. The van der Waals surface area contributed by atoms with Gasteiger partial charge in [0, 0.05) is 32.0 Å².